The van der Waals surface area contributed by atoms with E-state index in [1.807, 2.05) is 0 Å². The van der Waals surface area contributed by atoms with Crippen molar-refractivity contribution in [3.63, 3.8) is 0 Å². The lowest BCUT2D eigenvalue weighted by Gasteiger charge is -2.26. The van der Waals surface area contributed by atoms with Gasteiger partial charge in [0.1, 0.15) is 6.10 Å². The van der Waals surface area contributed by atoms with Crippen LogP contribution in [0.1, 0.15) is 386 Å². The first-order valence-corrected chi connectivity index (χ1v) is 32.8. The van der Waals surface area contributed by atoms with Crippen molar-refractivity contribution < 1.29 is 20.1 Å². The van der Waals surface area contributed by atoms with Gasteiger partial charge < -0.3 is 20.6 Å². The second-order valence-electron chi connectivity index (χ2n) is 23.0. The lowest BCUT2D eigenvalue weighted by atomic mass is 9.99. The first-order valence-electron chi connectivity index (χ1n) is 32.8. The maximum atomic E-state index is 12.5. The second-order valence-corrected chi connectivity index (χ2v) is 23.0. The number of carbonyl (C=O) groups excluding carboxylic acids is 1. The standard InChI is InChI=1S/C65H131NO4/c1-3-5-7-9-11-13-15-17-19-21-22-23-24-25-26-27-28-29-30-31-32-33-34-35-36-37-38-39-40-41-42-44-46-48-50-52-54-56-58-60-64(69)66-62(61-67)65(70)63(68)59-57-55-53-51-49-47-45-43-20-18-16-14-12-10-8-6-4-2/h62-63,65,67-68,70H,3-61H2,1-2H3,(H,66,69). The predicted octanol–water partition coefficient (Wildman–Crippen LogP) is 20.9. The summed E-state index contributed by atoms with van der Waals surface area (Å²) in [6.45, 7) is 4.23. The van der Waals surface area contributed by atoms with Crippen molar-refractivity contribution in [2.75, 3.05) is 6.61 Å². The van der Waals surface area contributed by atoms with Crippen LogP contribution in [0.4, 0.5) is 0 Å². The molecule has 0 fully saturated rings. The van der Waals surface area contributed by atoms with Crippen molar-refractivity contribution in [3.8, 4) is 0 Å². The molecule has 5 nitrogen and oxygen atoms in total. The van der Waals surface area contributed by atoms with E-state index in [0.29, 0.717) is 12.8 Å². The molecule has 0 aromatic carbocycles. The van der Waals surface area contributed by atoms with Gasteiger partial charge in [-0.05, 0) is 12.8 Å². The fourth-order valence-corrected chi connectivity index (χ4v) is 10.9. The molecule has 3 atom stereocenters. The van der Waals surface area contributed by atoms with Gasteiger partial charge in [0.05, 0.1) is 18.8 Å². The molecule has 0 aromatic heterocycles. The van der Waals surface area contributed by atoms with E-state index < -0.39 is 18.2 Å². The Kier molecular flexibility index (Phi) is 60.3. The molecule has 70 heavy (non-hydrogen) atoms. The monoisotopic (exact) mass is 990 g/mol. The molecule has 0 heterocycles. The molecule has 3 unspecified atom stereocenters. The third kappa shape index (κ3) is 55.1. The summed E-state index contributed by atoms with van der Waals surface area (Å²) in [7, 11) is 0. The number of rotatable bonds is 62. The third-order valence-electron chi connectivity index (χ3n) is 16.0. The third-order valence-corrected chi connectivity index (χ3v) is 16.0. The topological polar surface area (TPSA) is 89.8 Å². The molecule has 0 bridgehead atoms. The van der Waals surface area contributed by atoms with E-state index in [0.717, 1.165) is 32.1 Å². The maximum Gasteiger partial charge on any atom is 0.220 e. The number of hydrogen-bond acceptors (Lipinski definition) is 4. The highest BCUT2D eigenvalue weighted by molar-refractivity contribution is 5.76. The molecule has 0 radical (unpaired) electrons. The summed E-state index contributed by atoms with van der Waals surface area (Å²) in [5.74, 6) is -0.135. The molecule has 0 aromatic rings. The Morgan fingerprint density at radius 2 is 0.486 bits per heavy atom. The molecular weight excluding hydrogens is 859 g/mol. The van der Waals surface area contributed by atoms with Gasteiger partial charge in [0.15, 0.2) is 0 Å². The summed E-state index contributed by atoms with van der Waals surface area (Å²) >= 11 is 0. The zero-order valence-corrected chi connectivity index (χ0v) is 48.2. The zero-order valence-electron chi connectivity index (χ0n) is 48.2. The van der Waals surface area contributed by atoms with Crippen molar-refractivity contribution in [3.05, 3.63) is 0 Å². The minimum atomic E-state index is -1.13. The molecule has 0 aliphatic rings. The average Bonchev–Trinajstić information content (AvgIpc) is 3.36. The number of unbranched alkanes of at least 4 members (excludes halogenated alkanes) is 54. The second kappa shape index (κ2) is 60.9. The molecule has 0 aliphatic carbocycles. The normalized spacial score (nSPS) is 13.0. The minimum Gasteiger partial charge on any atom is -0.394 e. The van der Waals surface area contributed by atoms with Crippen LogP contribution in [-0.2, 0) is 4.79 Å². The summed E-state index contributed by atoms with van der Waals surface area (Å²) in [5.41, 5.74) is 0. The SMILES string of the molecule is CCCCCCCCCCCCCCCCCCCCCCCCCCCCCCCCCCCCCCCCCC(=O)NC(CO)C(O)C(O)CCCCCCCCCCCCCCCCCCC. The molecule has 0 rings (SSSR count). The molecule has 0 spiro atoms. The van der Waals surface area contributed by atoms with Gasteiger partial charge in [0.25, 0.3) is 0 Å². The quantitative estimate of drug-likeness (QED) is 0.0457. The largest absolute Gasteiger partial charge is 0.394 e. The number of amides is 1. The Labute approximate surface area is 440 Å². The predicted molar refractivity (Wildman–Crippen MR) is 310 cm³/mol. The molecule has 0 saturated carbocycles. The molecule has 5 heteroatoms. The molecule has 4 N–H and O–H groups in total. The lowest BCUT2D eigenvalue weighted by Crippen LogP contribution is -2.50. The van der Waals surface area contributed by atoms with Crippen LogP contribution in [0.3, 0.4) is 0 Å². The summed E-state index contributed by atoms with van der Waals surface area (Å²) in [4.78, 5) is 12.5. The fourth-order valence-electron chi connectivity index (χ4n) is 10.9. The highest BCUT2D eigenvalue weighted by atomic mass is 16.3. The Morgan fingerprint density at radius 1 is 0.300 bits per heavy atom. The van der Waals surface area contributed by atoms with Gasteiger partial charge in [-0.1, -0.05) is 367 Å². The number of hydrogen-bond donors (Lipinski definition) is 4. The van der Waals surface area contributed by atoms with Crippen molar-refractivity contribution in [1.29, 1.82) is 0 Å². The first-order chi connectivity index (χ1) is 34.6. The van der Waals surface area contributed by atoms with E-state index in [1.165, 1.54) is 327 Å². The van der Waals surface area contributed by atoms with Crippen molar-refractivity contribution in [2.45, 2.75) is 405 Å². The van der Waals surface area contributed by atoms with Crippen molar-refractivity contribution >= 4 is 5.91 Å². The van der Waals surface area contributed by atoms with Crippen LogP contribution >= 0.6 is 0 Å². The van der Waals surface area contributed by atoms with E-state index in [9.17, 15) is 20.1 Å². The van der Waals surface area contributed by atoms with Crippen LogP contribution < -0.4 is 5.32 Å². The lowest BCUT2D eigenvalue weighted by molar-refractivity contribution is -0.124. The Hall–Kier alpha value is -0.650. The molecule has 0 aliphatic heterocycles. The van der Waals surface area contributed by atoms with Gasteiger partial charge in [-0.15, -0.1) is 0 Å². The Bertz CT molecular complexity index is 960. The van der Waals surface area contributed by atoms with E-state index in [1.54, 1.807) is 0 Å². The van der Waals surface area contributed by atoms with Crippen LogP contribution in [0.2, 0.25) is 0 Å². The maximum absolute atomic E-state index is 12.5. The molecular formula is C65H131NO4. The Balaban J connectivity index is 3.38. The van der Waals surface area contributed by atoms with Crippen molar-refractivity contribution in [1.82, 2.24) is 5.32 Å². The van der Waals surface area contributed by atoms with Gasteiger partial charge in [0.2, 0.25) is 5.91 Å². The average molecular weight is 991 g/mol. The summed E-state index contributed by atoms with van der Waals surface area (Å²) in [6.07, 6.45) is 76.0. The van der Waals surface area contributed by atoms with E-state index in [-0.39, 0.29) is 12.5 Å². The van der Waals surface area contributed by atoms with Gasteiger partial charge in [0, 0.05) is 6.42 Å². The van der Waals surface area contributed by atoms with E-state index >= 15 is 0 Å². The summed E-state index contributed by atoms with van der Waals surface area (Å²) in [6, 6.07) is -0.805. The smallest absolute Gasteiger partial charge is 0.220 e. The van der Waals surface area contributed by atoms with Gasteiger partial charge in [-0.3, -0.25) is 4.79 Å². The highest BCUT2D eigenvalue weighted by Crippen LogP contribution is 2.20. The van der Waals surface area contributed by atoms with Crippen LogP contribution in [-0.4, -0.2) is 46.1 Å². The Morgan fingerprint density at radius 3 is 0.686 bits per heavy atom. The summed E-state index contributed by atoms with van der Waals surface area (Å²) < 4.78 is 0. The highest BCUT2D eigenvalue weighted by Gasteiger charge is 2.26. The number of carbonyl (C=O) groups is 1. The molecule has 420 valence electrons. The molecule has 1 amide bonds. The van der Waals surface area contributed by atoms with E-state index in [4.69, 9.17) is 0 Å². The van der Waals surface area contributed by atoms with Crippen LogP contribution in [0, 0.1) is 0 Å². The van der Waals surface area contributed by atoms with Crippen molar-refractivity contribution in [2.24, 2.45) is 0 Å². The minimum absolute atomic E-state index is 0.135. The van der Waals surface area contributed by atoms with Gasteiger partial charge in [-0.25, -0.2) is 0 Å². The number of aliphatic hydroxyl groups excluding tert-OH is 3. The van der Waals surface area contributed by atoms with Gasteiger partial charge >= 0.3 is 0 Å². The fraction of sp³-hybridized carbons (Fsp3) is 0.985. The molecule has 0 saturated heterocycles. The number of nitrogens with one attached hydrogen (secondary N) is 1. The van der Waals surface area contributed by atoms with E-state index in [2.05, 4.69) is 19.2 Å². The zero-order chi connectivity index (χ0) is 50.7. The first kappa shape index (κ1) is 69.3. The van der Waals surface area contributed by atoms with Crippen LogP contribution in [0.5, 0.6) is 0 Å². The summed E-state index contributed by atoms with van der Waals surface area (Å²) in [5, 5.41) is 33.8. The van der Waals surface area contributed by atoms with Crippen LogP contribution in [0.15, 0.2) is 0 Å². The van der Waals surface area contributed by atoms with Gasteiger partial charge in [-0.2, -0.15) is 0 Å². The van der Waals surface area contributed by atoms with Crippen LogP contribution in [0.25, 0.3) is 0 Å². The number of aliphatic hydroxyl groups is 3.